The Labute approximate surface area is 493 Å². The highest BCUT2D eigenvalue weighted by Gasteiger charge is 2.18. The van der Waals surface area contributed by atoms with E-state index in [1.807, 2.05) is 30.3 Å². The van der Waals surface area contributed by atoms with Gasteiger partial charge in [-0.15, -0.1) is 0 Å². The van der Waals surface area contributed by atoms with Crippen molar-refractivity contribution in [2.45, 2.75) is 76.2 Å². The second-order valence-electron chi connectivity index (χ2n) is 22.0. The zero-order chi connectivity index (χ0) is 58.1. The van der Waals surface area contributed by atoms with Crippen molar-refractivity contribution in [1.29, 1.82) is 0 Å². The maximum absolute atomic E-state index is 5.10. The van der Waals surface area contributed by atoms with Gasteiger partial charge in [-0.05, 0) is 207 Å². The van der Waals surface area contributed by atoms with Gasteiger partial charge in [0.15, 0.2) is 0 Å². The molecule has 0 N–H and O–H groups in total. The summed E-state index contributed by atoms with van der Waals surface area (Å²) in [5.74, 6) is 0. The fraction of sp³-hybridized carbons (Fsp3) is 0.138. The Balaban J connectivity index is 0.000000139. The zero-order valence-corrected chi connectivity index (χ0v) is 49.9. The fourth-order valence-electron chi connectivity index (χ4n) is 11.2. The predicted molar refractivity (Wildman–Crippen MR) is 354 cm³/mol. The van der Waals surface area contributed by atoms with Crippen molar-refractivity contribution in [2.24, 2.45) is 0 Å². The number of hydrogen-bond donors (Lipinski definition) is 0. The van der Waals surface area contributed by atoms with Crippen molar-refractivity contribution >= 4 is 0 Å². The van der Waals surface area contributed by atoms with Crippen molar-refractivity contribution in [2.75, 3.05) is 0 Å². The average Bonchev–Trinajstić information content (AvgIpc) is 3.73. The van der Waals surface area contributed by atoms with Crippen LogP contribution in [0.15, 0.2) is 243 Å². The van der Waals surface area contributed by atoms with Gasteiger partial charge in [0.25, 0.3) is 0 Å². The molecule has 408 valence electrons. The lowest BCUT2D eigenvalue weighted by atomic mass is 9.88. The molecule has 0 aliphatic carbocycles. The summed E-state index contributed by atoms with van der Waals surface area (Å²) in [6, 6.07) is 85.0. The molecule has 0 unspecified atom stereocenters. The van der Waals surface area contributed by atoms with Crippen LogP contribution in [-0.4, -0.2) is 15.0 Å². The van der Waals surface area contributed by atoms with Crippen LogP contribution in [0.4, 0.5) is 0 Å². The lowest BCUT2D eigenvalue weighted by molar-refractivity contribution is 1.21. The van der Waals surface area contributed by atoms with E-state index in [1.54, 1.807) is 0 Å². The Hall–Kier alpha value is -9.57. The smallest absolute Gasteiger partial charge is 0.0721 e. The SMILES string of the molecule is Cc1cc(C)c(C)c(-c2cc(-c3ccccc3)cc(-c3ccccc3)n2)c1C.Cc1cc(C)c(C)c(-c2cc(-c3ccccc3)nc(-c3ccccc3)c2)c1C.Cc1ccc(C)c(-c2cc(-c3ccccc3)nc(-c3ccccc3)c2)c1C. The third kappa shape index (κ3) is 12.8. The highest BCUT2D eigenvalue weighted by molar-refractivity contribution is 5.83. The minimum Gasteiger partial charge on any atom is -0.248 e. The molecule has 0 aliphatic heterocycles. The second-order valence-corrected chi connectivity index (χ2v) is 22.0. The van der Waals surface area contributed by atoms with Gasteiger partial charge in [-0.25, -0.2) is 15.0 Å². The van der Waals surface area contributed by atoms with Crippen molar-refractivity contribution in [1.82, 2.24) is 15.0 Å². The maximum atomic E-state index is 5.10. The quantitative estimate of drug-likeness (QED) is 0.145. The third-order valence-corrected chi connectivity index (χ3v) is 16.4. The van der Waals surface area contributed by atoms with Gasteiger partial charge in [-0.1, -0.05) is 206 Å². The number of nitrogens with zero attached hydrogens (tertiary/aromatic N) is 3. The van der Waals surface area contributed by atoms with Gasteiger partial charge < -0.3 is 0 Å². The first-order valence-electron chi connectivity index (χ1n) is 28.8. The molecular weight excluding hydrogens is 1000 g/mol. The number of pyridine rings is 3. The van der Waals surface area contributed by atoms with Gasteiger partial charge >= 0.3 is 0 Å². The van der Waals surface area contributed by atoms with Gasteiger partial charge in [0.05, 0.1) is 34.2 Å². The summed E-state index contributed by atoms with van der Waals surface area (Å²) in [6.07, 6.45) is 0. The summed E-state index contributed by atoms with van der Waals surface area (Å²) in [5, 5.41) is 0. The van der Waals surface area contributed by atoms with Crippen molar-refractivity contribution in [3.8, 4) is 101 Å². The monoisotopic (exact) mass is 1080 g/mol. The standard InChI is InChI=1S/2C27H25N.C26H23N/c1-18-15-19(2)21(4)27(20(18)3)24-16-25(22-11-7-5-8-12-22)28-26(17-24)23-13-9-6-10-14-23;1-18-15-19(2)21(4)27(20(18)3)26-17-24(22-11-7-5-8-12-22)16-25(28-26)23-13-9-6-10-14-23;1-18-14-15-19(2)26(20(18)3)23-16-24(21-10-6-4-7-11-21)27-25(17-23)22-12-8-5-9-13-22/h2*5-17H,1-4H3;4-17H,1-3H3. The Bertz CT molecular complexity index is 3800. The Morgan fingerprint density at radius 3 is 0.747 bits per heavy atom. The molecule has 12 rings (SSSR count). The molecule has 3 heterocycles. The van der Waals surface area contributed by atoms with Crippen LogP contribution in [0.3, 0.4) is 0 Å². The summed E-state index contributed by atoms with van der Waals surface area (Å²) in [6.45, 7) is 24.2. The number of rotatable bonds is 9. The molecule has 12 aromatic rings. The highest BCUT2D eigenvalue weighted by Crippen LogP contribution is 2.39. The van der Waals surface area contributed by atoms with E-state index in [2.05, 4.69) is 288 Å². The highest BCUT2D eigenvalue weighted by atomic mass is 14.7. The first-order chi connectivity index (χ1) is 40.2. The first kappa shape index (κ1) is 56.7. The number of benzene rings is 9. The first-order valence-corrected chi connectivity index (χ1v) is 28.8. The molecular formula is C80H73N3. The molecule has 0 amide bonds. The minimum absolute atomic E-state index is 1.01. The van der Waals surface area contributed by atoms with Crippen LogP contribution in [0.5, 0.6) is 0 Å². The third-order valence-electron chi connectivity index (χ3n) is 16.4. The van der Waals surface area contributed by atoms with E-state index in [0.717, 1.165) is 62.0 Å². The molecule has 3 aromatic heterocycles. The molecule has 0 fully saturated rings. The molecule has 0 aliphatic rings. The molecule has 0 spiro atoms. The molecule has 83 heavy (non-hydrogen) atoms. The average molecular weight is 1080 g/mol. The van der Waals surface area contributed by atoms with Crippen LogP contribution in [0, 0.1) is 76.2 Å². The second kappa shape index (κ2) is 25.5. The lowest BCUT2D eigenvalue weighted by Crippen LogP contribution is -1.98. The Morgan fingerprint density at radius 1 is 0.169 bits per heavy atom. The summed E-state index contributed by atoms with van der Waals surface area (Å²) in [4.78, 5) is 15.1. The fourth-order valence-corrected chi connectivity index (χ4v) is 11.2. The van der Waals surface area contributed by atoms with E-state index >= 15 is 0 Å². The van der Waals surface area contributed by atoms with E-state index in [-0.39, 0.29) is 0 Å². The Kier molecular flexibility index (Phi) is 17.4. The van der Waals surface area contributed by atoms with Crippen LogP contribution in [0.1, 0.15) is 61.2 Å². The lowest BCUT2D eigenvalue weighted by Gasteiger charge is -2.17. The molecule has 3 heteroatoms. The summed E-state index contributed by atoms with van der Waals surface area (Å²) >= 11 is 0. The molecule has 9 aromatic carbocycles. The van der Waals surface area contributed by atoms with Crippen molar-refractivity contribution < 1.29 is 0 Å². The van der Waals surface area contributed by atoms with E-state index < -0.39 is 0 Å². The topological polar surface area (TPSA) is 38.7 Å². The molecule has 0 saturated heterocycles. The number of hydrogen-bond acceptors (Lipinski definition) is 3. The minimum atomic E-state index is 1.01. The van der Waals surface area contributed by atoms with Crippen LogP contribution in [0.25, 0.3) is 101 Å². The van der Waals surface area contributed by atoms with Crippen LogP contribution >= 0.6 is 0 Å². The van der Waals surface area contributed by atoms with Gasteiger partial charge in [0, 0.05) is 33.4 Å². The number of aromatic nitrogens is 3. The molecule has 0 saturated carbocycles. The Morgan fingerprint density at radius 2 is 0.410 bits per heavy atom. The van der Waals surface area contributed by atoms with Gasteiger partial charge in [0.2, 0.25) is 0 Å². The number of aryl methyl sites for hydroxylation is 6. The van der Waals surface area contributed by atoms with Gasteiger partial charge in [0.1, 0.15) is 0 Å². The van der Waals surface area contributed by atoms with Crippen LogP contribution in [0.2, 0.25) is 0 Å². The van der Waals surface area contributed by atoms with Gasteiger partial charge in [-0.2, -0.15) is 0 Å². The molecule has 0 atom stereocenters. The van der Waals surface area contributed by atoms with Crippen LogP contribution < -0.4 is 0 Å². The predicted octanol–water partition coefficient (Wildman–Crippen LogP) is 21.6. The molecule has 3 nitrogen and oxygen atoms in total. The van der Waals surface area contributed by atoms with Gasteiger partial charge in [-0.3, -0.25) is 0 Å². The van der Waals surface area contributed by atoms with E-state index in [1.165, 1.54) is 100 Å². The largest absolute Gasteiger partial charge is 0.248 e. The molecule has 0 bridgehead atoms. The summed E-state index contributed by atoms with van der Waals surface area (Å²) in [7, 11) is 0. The maximum Gasteiger partial charge on any atom is 0.0721 e. The summed E-state index contributed by atoms with van der Waals surface area (Å²) < 4.78 is 0. The molecule has 0 radical (unpaired) electrons. The van der Waals surface area contributed by atoms with E-state index in [0.29, 0.717) is 0 Å². The van der Waals surface area contributed by atoms with Crippen LogP contribution in [-0.2, 0) is 0 Å². The van der Waals surface area contributed by atoms with E-state index in [9.17, 15) is 0 Å². The summed E-state index contributed by atoms with van der Waals surface area (Å²) in [5.41, 5.74) is 35.1. The zero-order valence-electron chi connectivity index (χ0n) is 49.9. The van der Waals surface area contributed by atoms with Crippen molar-refractivity contribution in [3.05, 3.63) is 304 Å². The van der Waals surface area contributed by atoms with Crippen molar-refractivity contribution in [3.63, 3.8) is 0 Å². The normalized spacial score (nSPS) is 10.8. The van der Waals surface area contributed by atoms with E-state index in [4.69, 9.17) is 15.0 Å².